The quantitative estimate of drug-likeness (QED) is 0.766. The molecule has 0 aliphatic heterocycles. The first kappa shape index (κ1) is 15.1. The highest BCUT2D eigenvalue weighted by Gasteiger charge is 2.08. The number of ether oxygens (including phenoxy) is 2. The van der Waals surface area contributed by atoms with Crippen LogP contribution in [0.25, 0.3) is 0 Å². The van der Waals surface area contributed by atoms with E-state index < -0.39 is 0 Å². The molecule has 0 aliphatic carbocycles. The van der Waals surface area contributed by atoms with Crippen molar-refractivity contribution in [3.63, 3.8) is 0 Å². The predicted molar refractivity (Wildman–Crippen MR) is 79.6 cm³/mol. The maximum Gasteiger partial charge on any atom is 0.150 e. The van der Waals surface area contributed by atoms with Gasteiger partial charge in [-0.05, 0) is 36.4 Å². The van der Waals surface area contributed by atoms with Gasteiger partial charge in [-0.25, -0.2) is 0 Å². The molecular formula is C16H13ClO4. The number of rotatable bonds is 6. The molecule has 0 N–H and O–H groups in total. The van der Waals surface area contributed by atoms with Gasteiger partial charge in [0, 0.05) is 16.7 Å². The first-order valence-electron chi connectivity index (χ1n) is 6.17. The van der Waals surface area contributed by atoms with Gasteiger partial charge in [-0.2, -0.15) is 0 Å². The number of carbonyl (C=O) groups excluding carboxylic acids is 2. The van der Waals surface area contributed by atoms with Crippen molar-refractivity contribution in [3.05, 3.63) is 58.1 Å². The average Bonchev–Trinajstić information content (AvgIpc) is 2.53. The lowest BCUT2D eigenvalue weighted by molar-refractivity contribution is 0.111. The predicted octanol–water partition coefficient (Wildman–Crippen LogP) is 3.55. The van der Waals surface area contributed by atoms with Crippen molar-refractivity contribution in [1.82, 2.24) is 0 Å². The van der Waals surface area contributed by atoms with Gasteiger partial charge < -0.3 is 9.47 Å². The van der Waals surface area contributed by atoms with Crippen LogP contribution < -0.4 is 9.47 Å². The van der Waals surface area contributed by atoms with Crippen LogP contribution in [0.15, 0.2) is 36.4 Å². The van der Waals surface area contributed by atoms with Crippen molar-refractivity contribution < 1.29 is 19.1 Å². The molecule has 0 amide bonds. The van der Waals surface area contributed by atoms with E-state index in [1.165, 1.54) is 6.07 Å². The topological polar surface area (TPSA) is 52.6 Å². The van der Waals surface area contributed by atoms with Crippen LogP contribution in [0.1, 0.15) is 26.3 Å². The van der Waals surface area contributed by atoms with Gasteiger partial charge in [-0.15, -0.1) is 0 Å². The summed E-state index contributed by atoms with van der Waals surface area (Å²) in [6.07, 6.45) is 1.47. The zero-order chi connectivity index (χ0) is 15.2. The van der Waals surface area contributed by atoms with Crippen LogP contribution in [-0.2, 0) is 6.61 Å². The summed E-state index contributed by atoms with van der Waals surface area (Å²) in [7, 11) is 1.55. The molecule has 0 heterocycles. The van der Waals surface area contributed by atoms with Crippen LogP contribution in [0.5, 0.6) is 11.5 Å². The Hall–Kier alpha value is -2.33. The summed E-state index contributed by atoms with van der Waals surface area (Å²) in [5.41, 5.74) is 1.75. The maximum atomic E-state index is 10.8. The Bertz CT molecular complexity index is 667. The summed E-state index contributed by atoms with van der Waals surface area (Å²) in [5, 5.41) is 0.352. The van der Waals surface area contributed by atoms with Crippen molar-refractivity contribution in [2.24, 2.45) is 0 Å². The third-order valence-electron chi connectivity index (χ3n) is 2.92. The molecule has 0 aliphatic rings. The molecule has 0 aromatic heterocycles. The summed E-state index contributed by atoms with van der Waals surface area (Å²) in [6, 6.07) is 9.85. The van der Waals surface area contributed by atoms with Crippen molar-refractivity contribution in [1.29, 1.82) is 0 Å². The van der Waals surface area contributed by atoms with E-state index in [1.54, 1.807) is 37.4 Å². The zero-order valence-electron chi connectivity index (χ0n) is 11.3. The van der Waals surface area contributed by atoms with Gasteiger partial charge in [0.05, 0.1) is 12.1 Å². The van der Waals surface area contributed by atoms with E-state index in [4.69, 9.17) is 21.1 Å². The van der Waals surface area contributed by atoms with Crippen LogP contribution in [-0.4, -0.2) is 19.7 Å². The fraction of sp³-hybridized carbons (Fsp3) is 0.125. The third-order valence-corrected chi connectivity index (χ3v) is 3.21. The molecule has 0 unspecified atom stereocenters. The van der Waals surface area contributed by atoms with Crippen LogP contribution in [0, 0.1) is 0 Å². The number of carbonyl (C=O) groups is 2. The van der Waals surface area contributed by atoms with E-state index in [0.29, 0.717) is 33.9 Å². The Kier molecular flexibility index (Phi) is 4.95. The number of halogens is 1. The van der Waals surface area contributed by atoms with Crippen molar-refractivity contribution in [3.8, 4) is 11.5 Å². The molecule has 0 fully saturated rings. The number of hydrogen-bond donors (Lipinski definition) is 0. The van der Waals surface area contributed by atoms with Gasteiger partial charge in [0.2, 0.25) is 0 Å². The summed E-state index contributed by atoms with van der Waals surface area (Å²) in [4.78, 5) is 21.5. The Morgan fingerprint density at radius 2 is 1.62 bits per heavy atom. The molecule has 0 saturated carbocycles. The number of methoxy groups -OCH3 is 1. The fourth-order valence-corrected chi connectivity index (χ4v) is 2.09. The molecular weight excluding hydrogens is 292 g/mol. The van der Waals surface area contributed by atoms with Gasteiger partial charge in [-0.1, -0.05) is 11.6 Å². The van der Waals surface area contributed by atoms with E-state index in [2.05, 4.69) is 0 Å². The van der Waals surface area contributed by atoms with Crippen LogP contribution >= 0.6 is 11.6 Å². The van der Waals surface area contributed by atoms with Crippen LogP contribution in [0.3, 0.4) is 0 Å². The average molecular weight is 305 g/mol. The fourth-order valence-electron chi connectivity index (χ4n) is 1.85. The summed E-state index contributed by atoms with van der Waals surface area (Å²) < 4.78 is 10.8. The standard InChI is InChI=1S/C16H13ClO4/c1-20-15-4-2-11(8-18)6-13(15)10-21-16-5-3-12(9-19)7-14(16)17/h2-9H,10H2,1H3. The molecule has 2 aromatic carbocycles. The number of benzene rings is 2. The van der Waals surface area contributed by atoms with Gasteiger partial charge in [0.25, 0.3) is 0 Å². The Morgan fingerprint density at radius 3 is 2.19 bits per heavy atom. The molecule has 0 saturated heterocycles. The summed E-state index contributed by atoms with van der Waals surface area (Å²) in [6.45, 7) is 0.199. The number of hydrogen-bond acceptors (Lipinski definition) is 4. The molecule has 0 bridgehead atoms. The molecule has 0 radical (unpaired) electrons. The van der Waals surface area contributed by atoms with E-state index >= 15 is 0 Å². The monoisotopic (exact) mass is 304 g/mol. The SMILES string of the molecule is COc1ccc(C=O)cc1COc1ccc(C=O)cc1Cl. The van der Waals surface area contributed by atoms with Crippen molar-refractivity contribution in [2.45, 2.75) is 6.61 Å². The Balaban J connectivity index is 2.19. The summed E-state index contributed by atoms with van der Waals surface area (Å²) in [5.74, 6) is 1.09. The normalized spacial score (nSPS) is 10.0. The highest BCUT2D eigenvalue weighted by Crippen LogP contribution is 2.27. The van der Waals surface area contributed by atoms with Crippen molar-refractivity contribution >= 4 is 24.2 Å². The molecule has 5 heteroatoms. The second kappa shape index (κ2) is 6.90. The number of aldehydes is 2. The first-order chi connectivity index (χ1) is 10.2. The third kappa shape index (κ3) is 3.61. The van der Waals surface area contributed by atoms with Gasteiger partial charge >= 0.3 is 0 Å². The summed E-state index contributed by atoms with van der Waals surface area (Å²) >= 11 is 6.04. The van der Waals surface area contributed by atoms with Gasteiger partial charge in [-0.3, -0.25) is 9.59 Å². The van der Waals surface area contributed by atoms with E-state index in [9.17, 15) is 9.59 Å². The minimum Gasteiger partial charge on any atom is -0.496 e. The minimum absolute atomic E-state index is 0.199. The van der Waals surface area contributed by atoms with Gasteiger partial charge in [0.1, 0.15) is 30.7 Å². The van der Waals surface area contributed by atoms with E-state index in [1.807, 2.05) is 0 Å². The Morgan fingerprint density at radius 1 is 1.00 bits per heavy atom. The lowest BCUT2D eigenvalue weighted by atomic mass is 10.1. The molecule has 21 heavy (non-hydrogen) atoms. The molecule has 2 aromatic rings. The second-order valence-corrected chi connectivity index (χ2v) is 4.69. The largest absolute Gasteiger partial charge is 0.496 e. The van der Waals surface area contributed by atoms with Crippen LogP contribution in [0.4, 0.5) is 0 Å². The first-order valence-corrected chi connectivity index (χ1v) is 6.55. The second-order valence-electron chi connectivity index (χ2n) is 4.29. The Labute approximate surface area is 127 Å². The minimum atomic E-state index is 0.199. The molecule has 0 spiro atoms. The van der Waals surface area contributed by atoms with Crippen LogP contribution in [0.2, 0.25) is 5.02 Å². The molecule has 0 atom stereocenters. The molecule has 108 valence electrons. The molecule has 2 rings (SSSR count). The zero-order valence-corrected chi connectivity index (χ0v) is 12.1. The maximum absolute atomic E-state index is 10.8. The lowest BCUT2D eigenvalue weighted by Gasteiger charge is -2.12. The van der Waals surface area contributed by atoms with Crippen molar-refractivity contribution in [2.75, 3.05) is 7.11 Å². The smallest absolute Gasteiger partial charge is 0.150 e. The lowest BCUT2D eigenvalue weighted by Crippen LogP contribution is -2.00. The van der Waals surface area contributed by atoms with Gasteiger partial charge in [0.15, 0.2) is 0 Å². The highest BCUT2D eigenvalue weighted by molar-refractivity contribution is 6.32. The molecule has 4 nitrogen and oxygen atoms in total. The van der Waals surface area contributed by atoms with E-state index in [0.717, 1.165) is 11.8 Å². The highest BCUT2D eigenvalue weighted by atomic mass is 35.5. The van der Waals surface area contributed by atoms with E-state index in [-0.39, 0.29) is 6.61 Å².